The summed E-state index contributed by atoms with van der Waals surface area (Å²) < 4.78 is 11.3. The second-order valence-corrected chi connectivity index (χ2v) is 15.1. The Kier molecular flexibility index (Phi) is 10.1. The minimum absolute atomic E-state index is 0.315. The first-order chi connectivity index (χ1) is 25.2. The molecule has 0 amide bonds. The van der Waals surface area contributed by atoms with E-state index >= 15 is 0 Å². The zero-order valence-corrected chi connectivity index (χ0v) is 32.1. The molecule has 0 aliphatic heterocycles. The van der Waals surface area contributed by atoms with E-state index in [1.165, 1.54) is 55.5 Å². The van der Waals surface area contributed by atoms with Crippen LogP contribution in [-0.2, 0) is 19.3 Å². The Morgan fingerprint density at radius 1 is 0.692 bits per heavy atom. The smallest absolute Gasteiger partial charge is 0.137 e. The van der Waals surface area contributed by atoms with Crippen LogP contribution in [0.2, 0.25) is 0 Å². The van der Waals surface area contributed by atoms with Crippen LogP contribution in [0.15, 0.2) is 97.2 Å². The van der Waals surface area contributed by atoms with Crippen molar-refractivity contribution in [2.75, 3.05) is 0 Å². The van der Waals surface area contributed by atoms with Gasteiger partial charge >= 0.3 is 0 Å². The first-order valence-corrected chi connectivity index (χ1v) is 19.2. The van der Waals surface area contributed by atoms with Gasteiger partial charge in [0.2, 0.25) is 0 Å². The molecule has 266 valence electrons. The number of para-hydroxylation sites is 1. The zero-order valence-electron chi connectivity index (χ0n) is 32.1. The van der Waals surface area contributed by atoms with Gasteiger partial charge in [0, 0.05) is 34.7 Å². The quantitative estimate of drug-likeness (QED) is 0.128. The molecule has 0 unspecified atom stereocenters. The lowest BCUT2D eigenvalue weighted by molar-refractivity contribution is 0.481. The van der Waals surface area contributed by atoms with Gasteiger partial charge in [-0.1, -0.05) is 90.8 Å². The molecule has 52 heavy (non-hydrogen) atoms. The molecule has 0 bridgehead atoms. The van der Waals surface area contributed by atoms with E-state index in [1.54, 1.807) is 0 Å². The highest BCUT2D eigenvalue weighted by Gasteiger charge is 2.23. The first kappa shape index (κ1) is 35.3. The van der Waals surface area contributed by atoms with Crippen LogP contribution >= 0.6 is 0 Å². The number of ether oxygens (including phenoxy) is 1. The van der Waals surface area contributed by atoms with E-state index in [-0.39, 0.29) is 0 Å². The summed E-state index contributed by atoms with van der Waals surface area (Å²) in [5.41, 5.74) is 13.4. The normalized spacial score (nSPS) is 11.8. The number of aryl methyl sites for hydroxylation is 3. The Hall–Kier alpha value is -5.16. The minimum Gasteiger partial charge on any atom is -0.457 e. The summed E-state index contributed by atoms with van der Waals surface area (Å²) in [6, 6.07) is 32.7. The number of pyridine rings is 1. The molecule has 5 nitrogen and oxygen atoms in total. The summed E-state index contributed by atoms with van der Waals surface area (Å²) in [5.74, 6) is 3.41. The SMILES string of the molecule is CCCc1nn(-c2cc(Oc3ccc4c5ccccc5n(-c5cc(CC(C)C)ccn5)c4c3)cc(C(C)C)c2)c(CCC)c1-c1c(C)cccc1C. The third kappa shape index (κ3) is 6.77. The number of fused-ring (bicyclic) bond motifs is 3. The van der Waals surface area contributed by atoms with E-state index in [9.17, 15) is 0 Å². The summed E-state index contributed by atoms with van der Waals surface area (Å²) in [7, 11) is 0. The summed E-state index contributed by atoms with van der Waals surface area (Å²) in [6.07, 6.45) is 6.90. The molecule has 0 radical (unpaired) electrons. The Labute approximate surface area is 309 Å². The predicted octanol–water partition coefficient (Wildman–Crippen LogP) is 12.7. The molecule has 0 saturated heterocycles. The van der Waals surface area contributed by atoms with Crippen LogP contribution in [0, 0.1) is 19.8 Å². The third-order valence-corrected chi connectivity index (χ3v) is 10.1. The van der Waals surface area contributed by atoms with Crippen molar-refractivity contribution in [1.82, 2.24) is 19.3 Å². The Bertz CT molecular complexity index is 2350. The molecule has 7 aromatic rings. The average molecular weight is 689 g/mol. The maximum Gasteiger partial charge on any atom is 0.137 e. The molecule has 0 saturated carbocycles. The van der Waals surface area contributed by atoms with E-state index in [4.69, 9.17) is 14.8 Å². The van der Waals surface area contributed by atoms with Crippen LogP contribution in [-0.4, -0.2) is 19.3 Å². The van der Waals surface area contributed by atoms with E-state index in [1.807, 2.05) is 6.20 Å². The summed E-state index contributed by atoms with van der Waals surface area (Å²) in [4.78, 5) is 4.87. The molecule has 5 heteroatoms. The van der Waals surface area contributed by atoms with Gasteiger partial charge in [0.05, 0.1) is 28.1 Å². The lowest BCUT2D eigenvalue weighted by atomic mass is 9.91. The number of hydrogen-bond acceptors (Lipinski definition) is 3. The predicted molar refractivity (Wildman–Crippen MR) is 218 cm³/mol. The number of rotatable bonds is 12. The van der Waals surface area contributed by atoms with Gasteiger partial charge in [-0.05, 0) is 115 Å². The molecule has 0 aliphatic carbocycles. The lowest BCUT2D eigenvalue weighted by Gasteiger charge is -2.16. The van der Waals surface area contributed by atoms with Crippen LogP contribution in [0.1, 0.15) is 93.9 Å². The molecular formula is C47H52N4O. The lowest BCUT2D eigenvalue weighted by Crippen LogP contribution is -2.05. The monoisotopic (exact) mass is 688 g/mol. The molecule has 0 aliphatic rings. The van der Waals surface area contributed by atoms with Gasteiger partial charge in [0.1, 0.15) is 17.3 Å². The van der Waals surface area contributed by atoms with E-state index in [0.29, 0.717) is 11.8 Å². The number of nitrogens with zero attached hydrogens (tertiary/aromatic N) is 4. The second kappa shape index (κ2) is 14.8. The number of benzene rings is 4. The standard InChI is InChI=1S/C47H52N4O/c1-9-14-41-47(46-32(7)16-13-17-33(46)8)43(15-10-2)51(49-41)36-26-35(31(5)6)27-38(28-36)52-37-20-21-40-39-18-11-12-19-42(39)50(44(40)29-37)45-25-34(22-23-48-45)24-30(3)4/h11-13,16-23,25-31H,9-10,14-15,24H2,1-8H3. The fourth-order valence-corrected chi connectivity index (χ4v) is 7.79. The largest absolute Gasteiger partial charge is 0.457 e. The van der Waals surface area contributed by atoms with Crippen molar-refractivity contribution >= 4 is 21.8 Å². The van der Waals surface area contributed by atoms with Crippen LogP contribution in [0.5, 0.6) is 11.5 Å². The van der Waals surface area contributed by atoms with Crippen molar-refractivity contribution in [2.45, 2.75) is 93.4 Å². The fraction of sp³-hybridized carbons (Fsp3) is 0.319. The van der Waals surface area contributed by atoms with Gasteiger partial charge in [0.15, 0.2) is 0 Å². The van der Waals surface area contributed by atoms with E-state index in [2.05, 4.69) is 156 Å². The Morgan fingerprint density at radius 2 is 1.44 bits per heavy atom. The van der Waals surface area contributed by atoms with Crippen molar-refractivity contribution in [3.63, 3.8) is 0 Å². The average Bonchev–Trinajstić information content (AvgIpc) is 3.63. The summed E-state index contributed by atoms with van der Waals surface area (Å²) >= 11 is 0. The highest BCUT2D eigenvalue weighted by molar-refractivity contribution is 6.09. The molecule has 0 spiro atoms. The van der Waals surface area contributed by atoms with Gasteiger partial charge in [-0.25, -0.2) is 9.67 Å². The van der Waals surface area contributed by atoms with Crippen molar-refractivity contribution in [3.8, 4) is 34.1 Å². The highest BCUT2D eigenvalue weighted by Crippen LogP contribution is 2.39. The second-order valence-electron chi connectivity index (χ2n) is 15.1. The van der Waals surface area contributed by atoms with Gasteiger partial charge in [-0.15, -0.1) is 0 Å². The Balaban J connectivity index is 1.36. The molecule has 0 atom stereocenters. The molecule has 7 rings (SSSR count). The molecule has 0 fully saturated rings. The zero-order chi connectivity index (χ0) is 36.5. The van der Waals surface area contributed by atoms with Gasteiger partial charge in [0.25, 0.3) is 0 Å². The third-order valence-electron chi connectivity index (χ3n) is 10.1. The number of hydrogen-bond donors (Lipinski definition) is 0. The maximum atomic E-state index is 6.84. The van der Waals surface area contributed by atoms with Crippen molar-refractivity contribution in [1.29, 1.82) is 0 Å². The van der Waals surface area contributed by atoms with Crippen molar-refractivity contribution < 1.29 is 4.74 Å². The topological polar surface area (TPSA) is 44.9 Å². The maximum absolute atomic E-state index is 6.84. The number of aromatic nitrogens is 4. The van der Waals surface area contributed by atoms with Crippen LogP contribution in [0.3, 0.4) is 0 Å². The van der Waals surface area contributed by atoms with Crippen molar-refractivity contribution in [2.24, 2.45) is 5.92 Å². The molecule has 3 heterocycles. The fourth-order valence-electron chi connectivity index (χ4n) is 7.79. The molecule has 3 aromatic heterocycles. The van der Waals surface area contributed by atoms with Crippen molar-refractivity contribution in [3.05, 3.63) is 131 Å². The van der Waals surface area contributed by atoms with Gasteiger partial charge in [-0.2, -0.15) is 5.10 Å². The van der Waals surface area contributed by atoms with Crippen LogP contribution in [0.25, 0.3) is 44.4 Å². The van der Waals surface area contributed by atoms with E-state index in [0.717, 1.165) is 66.1 Å². The summed E-state index contributed by atoms with van der Waals surface area (Å²) in [6.45, 7) is 18.0. The molecule has 0 N–H and O–H groups in total. The summed E-state index contributed by atoms with van der Waals surface area (Å²) in [5, 5.41) is 7.76. The van der Waals surface area contributed by atoms with Crippen LogP contribution < -0.4 is 4.74 Å². The van der Waals surface area contributed by atoms with Gasteiger partial charge in [-0.3, -0.25) is 4.57 Å². The van der Waals surface area contributed by atoms with Crippen LogP contribution in [0.4, 0.5) is 0 Å². The highest BCUT2D eigenvalue weighted by atomic mass is 16.5. The molecule has 4 aromatic carbocycles. The van der Waals surface area contributed by atoms with Gasteiger partial charge < -0.3 is 4.74 Å². The minimum atomic E-state index is 0.315. The first-order valence-electron chi connectivity index (χ1n) is 19.2. The molecular weight excluding hydrogens is 637 g/mol. The Morgan fingerprint density at radius 3 is 2.17 bits per heavy atom. The van der Waals surface area contributed by atoms with E-state index < -0.39 is 0 Å².